The molecule has 1 heterocycles. The number of halogens is 2. The van der Waals surface area contributed by atoms with Gasteiger partial charge in [-0.1, -0.05) is 0 Å². The van der Waals surface area contributed by atoms with Crippen molar-refractivity contribution in [2.75, 3.05) is 0 Å². The molecule has 2 aromatic rings. The van der Waals surface area contributed by atoms with E-state index in [-0.39, 0.29) is 17.4 Å². The molecule has 0 saturated heterocycles. The largest absolute Gasteiger partial charge is 0.458 e. The standard InChI is InChI=1S/C12H8BrFO2/c1-7-2-5-11(16-7)12(15)9-4-3-8(14)6-10(9)13/h2-6H,1H3. The normalized spacial score (nSPS) is 10.4. The lowest BCUT2D eigenvalue weighted by Crippen LogP contribution is -2.01. The number of carbonyl (C=O) groups excluding carboxylic acids is 1. The van der Waals surface area contributed by atoms with Gasteiger partial charge in [-0.2, -0.15) is 0 Å². The number of aryl methyl sites for hydroxylation is 1. The Morgan fingerprint density at radius 1 is 1.31 bits per heavy atom. The molecule has 0 aliphatic rings. The van der Waals surface area contributed by atoms with Crippen LogP contribution in [0.15, 0.2) is 39.2 Å². The molecule has 0 fully saturated rings. The number of furan rings is 1. The molecule has 0 bridgehead atoms. The van der Waals surface area contributed by atoms with Crippen LogP contribution in [0.5, 0.6) is 0 Å². The van der Waals surface area contributed by atoms with Crippen molar-refractivity contribution in [1.29, 1.82) is 0 Å². The van der Waals surface area contributed by atoms with Gasteiger partial charge < -0.3 is 4.42 Å². The minimum Gasteiger partial charge on any atom is -0.458 e. The summed E-state index contributed by atoms with van der Waals surface area (Å²) in [4.78, 5) is 11.9. The second kappa shape index (κ2) is 4.22. The highest BCUT2D eigenvalue weighted by atomic mass is 79.9. The maximum Gasteiger partial charge on any atom is 0.229 e. The molecule has 82 valence electrons. The van der Waals surface area contributed by atoms with Gasteiger partial charge in [0.2, 0.25) is 5.78 Å². The van der Waals surface area contributed by atoms with E-state index < -0.39 is 0 Å². The van der Waals surface area contributed by atoms with Crippen LogP contribution in [-0.4, -0.2) is 5.78 Å². The summed E-state index contributed by atoms with van der Waals surface area (Å²) in [6.45, 7) is 1.76. The molecule has 1 aromatic carbocycles. The molecule has 0 aliphatic heterocycles. The number of benzene rings is 1. The number of rotatable bonds is 2. The monoisotopic (exact) mass is 282 g/mol. The van der Waals surface area contributed by atoms with Crippen molar-refractivity contribution in [2.24, 2.45) is 0 Å². The van der Waals surface area contributed by atoms with Crippen LogP contribution in [0.2, 0.25) is 0 Å². The quantitative estimate of drug-likeness (QED) is 0.786. The van der Waals surface area contributed by atoms with Crippen LogP contribution in [0.25, 0.3) is 0 Å². The van der Waals surface area contributed by atoms with Crippen LogP contribution < -0.4 is 0 Å². The zero-order valence-electron chi connectivity index (χ0n) is 8.46. The van der Waals surface area contributed by atoms with E-state index in [1.54, 1.807) is 19.1 Å². The first-order valence-corrected chi connectivity index (χ1v) is 5.43. The zero-order chi connectivity index (χ0) is 11.7. The SMILES string of the molecule is Cc1ccc(C(=O)c2ccc(F)cc2Br)o1. The third-order valence-electron chi connectivity index (χ3n) is 2.14. The van der Waals surface area contributed by atoms with Crippen molar-refractivity contribution in [3.63, 3.8) is 0 Å². The fourth-order valence-corrected chi connectivity index (χ4v) is 1.89. The van der Waals surface area contributed by atoms with Gasteiger partial charge in [0, 0.05) is 10.0 Å². The minimum atomic E-state index is -0.390. The Balaban J connectivity index is 2.41. The lowest BCUT2D eigenvalue weighted by atomic mass is 10.1. The number of hydrogen-bond donors (Lipinski definition) is 0. The molecule has 0 radical (unpaired) electrons. The van der Waals surface area contributed by atoms with Crippen LogP contribution in [0, 0.1) is 12.7 Å². The maximum absolute atomic E-state index is 12.9. The highest BCUT2D eigenvalue weighted by Crippen LogP contribution is 2.22. The Labute approximate surface area is 100 Å². The van der Waals surface area contributed by atoms with Gasteiger partial charge in [-0.15, -0.1) is 0 Å². The molecule has 2 rings (SSSR count). The first-order chi connectivity index (χ1) is 7.58. The highest BCUT2D eigenvalue weighted by molar-refractivity contribution is 9.10. The van der Waals surface area contributed by atoms with E-state index in [0.717, 1.165) is 0 Å². The lowest BCUT2D eigenvalue weighted by molar-refractivity contribution is 0.101. The fourth-order valence-electron chi connectivity index (χ4n) is 1.36. The Morgan fingerprint density at radius 2 is 2.06 bits per heavy atom. The van der Waals surface area contributed by atoms with Gasteiger partial charge in [0.25, 0.3) is 0 Å². The predicted molar refractivity (Wildman–Crippen MR) is 61.0 cm³/mol. The smallest absolute Gasteiger partial charge is 0.229 e. The van der Waals surface area contributed by atoms with E-state index in [4.69, 9.17) is 4.42 Å². The van der Waals surface area contributed by atoms with Crippen LogP contribution >= 0.6 is 15.9 Å². The highest BCUT2D eigenvalue weighted by Gasteiger charge is 2.16. The molecule has 1 aromatic heterocycles. The summed E-state index contributed by atoms with van der Waals surface area (Å²) in [7, 11) is 0. The molecule has 4 heteroatoms. The molecule has 0 atom stereocenters. The first-order valence-electron chi connectivity index (χ1n) is 4.64. The van der Waals surface area contributed by atoms with Crippen LogP contribution in [0.1, 0.15) is 21.9 Å². The Kier molecular flexibility index (Phi) is 2.92. The third kappa shape index (κ3) is 2.07. The van der Waals surface area contributed by atoms with Gasteiger partial charge in [-0.25, -0.2) is 4.39 Å². The predicted octanol–water partition coefficient (Wildman–Crippen LogP) is 3.72. The fraction of sp³-hybridized carbons (Fsp3) is 0.0833. The van der Waals surface area contributed by atoms with Crippen molar-refractivity contribution in [3.05, 3.63) is 57.7 Å². The molecular weight excluding hydrogens is 275 g/mol. The summed E-state index contributed by atoms with van der Waals surface area (Å²) in [5.74, 6) is 0.269. The number of carbonyl (C=O) groups is 1. The Bertz CT molecular complexity index is 546. The van der Waals surface area contributed by atoms with E-state index in [1.807, 2.05) is 0 Å². The van der Waals surface area contributed by atoms with Crippen LogP contribution in [0.4, 0.5) is 4.39 Å². The van der Waals surface area contributed by atoms with Gasteiger partial charge in [0.05, 0.1) is 0 Å². The van der Waals surface area contributed by atoms with Crippen molar-refractivity contribution < 1.29 is 13.6 Å². The Hall–Kier alpha value is -1.42. The topological polar surface area (TPSA) is 30.2 Å². The number of hydrogen-bond acceptors (Lipinski definition) is 2. The van der Waals surface area contributed by atoms with E-state index >= 15 is 0 Å². The first kappa shape index (κ1) is 11.1. The molecule has 2 nitrogen and oxygen atoms in total. The summed E-state index contributed by atoms with van der Waals surface area (Å²) >= 11 is 3.15. The average Bonchev–Trinajstić information content (AvgIpc) is 2.64. The van der Waals surface area contributed by atoms with Gasteiger partial charge in [0.1, 0.15) is 11.6 Å². The van der Waals surface area contributed by atoms with Gasteiger partial charge in [-0.05, 0) is 53.2 Å². The van der Waals surface area contributed by atoms with E-state index in [0.29, 0.717) is 15.8 Å². The summed E-state index contributed by atoms with van der Waals surface area (Å²) in [5.41, 5.74) is 0.385. The van der Waals surface area contributed by atoms with Gasteiger partial charge in [0.15, 0.2) is 5.76 Å². The van der Waals surface area contributed by atoms with Crippen molar-refractivity contribution in [1.82, 2.24) is 0 Å². The average molecular weight is 283 g/mol. The summed E-state index contributed by atoms with van der Waals surface area (Å²) in [5, 5.41) is 0. The van der Waals surface area contributed by atoms with Crippen LogP contribution in [-0.2, 0) is 0 Å². The van der Waals surface area contributed by atoms with E-state index in [2.05, 4.69) is 15.9 Å². The molecule has 0 saturated carbocycles. The molecule has 0 N–H and O–H groups in total. The summed E-state index contributed by atoms with van der Waals surface area (Å²) in [6.07, 6.45) is 0. The minimum absolute atomic E-state index is 0.254. The summed E-state index contributed by atoms with van der Waals surface area (Å²) < 4.78 is 18.5. The van der Waals surface area contributed by atoms with Crippen molar-refractivity contribution in [3.8, 4) is 0 Å². The number of ketones is 1. The molecule has 0 spiro atoms. The molecule has 0 aliphatic carbocycles. The van der Waals surface area contributed by atoms with E-state index in [9.17, 15) is 9.18 Å². The molecular formula is C12H8BrFO2. The van der Waals surface area contributed by atoms with Gasteiger partial charge in [-0.3, -0.25) is 4.79 Å². The molecule has 0 unspecified atom stereocenters. The van der Waals surface area contributed by atoms with Gasteiger partial charge >= 0.3 is 0 Å². The second-order valence-electron chi connectivity index (χ2n) is 3.36. The molecule has 0 amide bonds. The van der Waals surface area contributed by atoms with Crippen LogP contribution in [0.3, 0.4) is 0 Å². The van der Waals surface area contributed by atoms with Crippen molar-refractivity contribution in [2.45, 2.75) is 6.92 Å². The second-order valence-corrected chi connectivity index (χ2v) is 4.22. The lowest BCUT2D eigenvalue weighted by Gasteiger charge is -2.01. The summed E-state index contributed by atoms with van der Waals surface area (Å²) in [6, 6.07) is 7.24. The zero-order valence-corrected chi connectivity index (χ0v) is 10.0. The molecule has 16 heavy (non-hydrogen) atoms. The maximum atomic E-state index is 12.9. The Morgan fingerprint density at radius 3 is 2.62 bits per heavy atom. The third-order valence-corrected chi connectivity index (χ3v) is 2.80. The van der Waals surface area contributed by atoms with Crippen molar-refractivity contribution >= 4 is 21.7 Å². The van der Waals surface area contributed by atoms with E-state index in [1.165, 1.54) is 18.2 Å².